The predicted octanol–water partition coefficient (Wildman–Crippen LogP) is 3.52. The van der Waals surface area contributed by atoms with Crippen molar-refractivity contribution in [2.45, 2.75) is 32.7 Å². The molecule has 0 saturated heterocycles. The maximum absolute atomic E-state index is 11.9. The van der Waals surface area contributed by atoms with Crippen LogP contribution in [0.5, 0.6) is 0 Å². The summed E-state index contributed by atoms with van der Waals surface area (Å²) >= 11 is 1.46. The first kappa shape index (κ1) is 15.7. The molecule has 0 N–H and O–H groups in total. The second kappa shape index (κ2) is 6.91. The minimum absolute atomic E-state index is 0.137. The summed E-state index contributed by atoms with van der Waals surface area (Å²) < 4.78 is 1.39. The Morgan fingerprint density at radius 1 is 1.22 bits per heavy atom. The van der Waals surface area contributed by atoms with Gasteiger partial charge in [0.1, 0.15) is 0 Å². The van der Waals surface area contributed by atoms with Gasteiger partial charge in [-0.15, -0.1) is 5.10 Å². The standard InChI is InChI=1S/C17H20N4OS/c1-3-12-20(14(4-2)13-8-6-5-7-9-13)17-19-21-15(22)10-11-18-16(21)23-17/h5-11,14H,3-4,12H2,1-2H3/t14-/m1/s1. The van der Waals surface area contributed by atoms with E-state index >= 15 is 0 Å². The van der Waals surface area contributed by atoms with Crippen LogP contribution in [-0.4, -0.2) is 21.1 Å². The highest BCUT2D eigenvalue weighted by atomic mass is 32.1. The number of nitrogens with zero attached hydrogens (tertiary/aromatic N) is 4. The summed E-state index contributed by atoms with van der Waals surface area (Å²) in [6.07, 6.45) is 3.53. The van der Waals surface area contributed by atoms with Crippen molar-refractivity contribution in [3.8, 4) is 0 Å². The lowest BCUT2D eigenvalue weighted by molar-refractivity contribution is 0.590. The second-order valence-electron chi connectivity index (χ2n) is 5.39. The molecular weight excluding hydrogens is 308 g/mol. The highest BCUT2D eigenvalue weighted by molar-refractivity contribution is 7.20. The van der Waals surface area contributed by atoms with E-state index in [-0.39, 0.29) is 11.6 Å². The normalized spacial score (nSPS) is 12.4. The minimum atomic E-state index is -0.137. The molecule has 0 spiro atoms. The molecule has 3 rings (SSSR count). The maximum atomic E-state index is 11.9. The topological polar surface area (TPSA) is 50.5 Å². The van der Waals surface area contributed by atoms with Gasteiger partial charge in [0.2, 0.25) is 10.1 Å². The van der Waals surface area contributed by atoms with Gasteiger partial charge < -0.3 is 4.90 Å². The zero-order valence-corrected chi connectivity index (χ0v) is 14.2. The van der Waals surface area contributed by atoms with Crippen LogP contribution in [0.25, 0.3) is 4.96 Å². The monoisotopic (exact) mass is 328 g/mol. The van der Waals surface area contributed by atoms with Crippen molar-refractivity contribution in [2.24, 2.45) is 0 Å². The van der Waals surface area contributed by atoms with Gasteiger partial charge in [-0.3, -0.25) is 4.79 Å². The molecule has 2 aromatic heterocycles. The van der Waals surface area contributed by atoms with Crippen molar-refractivity contribution in [1.82, 2.24) is 14.6 Å². The van der Waals surface area contributed by atoms with Gasteiger partial charge in [-0.2, -0.15) is 4.52 Å². The SMILES string of the molecule is CCCN(c1nn2c(=O)ccnc2s1)[C@H](CC)c1ccccc1. The molecule has 1 aromatic carbocycles. The van der Waals surface area contributed by atoms with E-state index in [0.717, 1.165) is 24.5 Å². The molecule has 2 heterocycles. The highest BCUT2D eigenvalue weighted by Crippen LogP contribution is 2.32. The van der Waals surface area contributed by atoms with Crippen LogP contribution in [0.15, 0.2) is 47.4 Å². The van der Waals surface area contributed by atoms with Gasteiger partial charge in [-0.05, 0) is 18.4 Å². The molecule has 5 nitrogen and oxygen atoms in total. The molecule has 120 valence electrons. The van der Waals surface area contributed by atoms with Gasteiger partial charge in [-0.25, -0.2) is 4.98 Å². The fourth-order valence-corrected chi connectivity index (χ4v) is 3.74. The third kappa shape index (κ3) is 3.12. The number of aromatic nitrogens is 3. The molecule has 0 aliphatic heterocycles. The molecule has 0 unspecified atom stereocenters. The number of rotatable bonds is 6. The van der Waals surface area contributed by atoms with Crippen molar-refractivity contribution in [3.05, 3.63) is 58.5 Å². The third-order valence-electron chi connectivity index (χ3n) is 3.82. The van der Waals surface area contributed by atoms with Gasteiger partial charge >= 0.3 is 0 Å². The summed E-state index contributed by atoms with van der Waals surface area (Å²) in [6.45, 7) is 5.22. The summed E-state index contributed by atoms with van der Waals surface area (Å²) in [4.78, 5) is 19.1. The average molecular weight is 328 g/mol. The molecule has 23 heavy (non-hydrogen) atoms. The van der Waals surface area contributed by atoms with E-state index < -0.39 is 0 Å². The van der Waals surface area contributed by atoms with Crippen molar-refractivity contribution < 1.29 is 0 Å². The van der Waals surface area contributed by atoms with E-state index in [1.165, 1.54) is 33.7 Å². The van der Waals surface area contributed by atoms with Gasteiger partial charge in [-0.1, -0.05) is 55.5 Å². The molecule has 0 fully saturated rings. The van der Waals surface area contributed by atoms with E-state index in [9.17, 15) is 4.79 Å². The Morgan fingerprint density at radius 2 is 2.00 bits per heavy atom. The van der Waals surface area contributed by atoms with Crippen LogP contribution in [0.1, 0.15) is 38.3 Å². The zero-order valence-electron chi connectivity index (χ0n) is 13.3. The average Bonchev–Trinajstić information content (AvgIpc) is 3.01. The Kier molecular flexibility index (Phi) is 4.71. The lowest BCUT2D eigenvalue weighted by Gasteiger charge is -2.30. The predicted molar refractivity (Wildman–Crippen MR) is 94.2 cm³/mol. The number of hydrogen-bond acceptors (Lipinski definition) is 5. The number of fused-ring (bicyclic) bond motifs is 1. The van der Waals surface area contributed by atoms with Crippen molar-refractivity contribution >= 4 is 21.4 Å². The third-order valence-corrected chi connectivity index (χ3v) is 4.78. The van der Waals surface area contributed by atoms with E-state index in [2.05, 4.69) is 53.1 Å². The molecule has 1 atom stereocenters. The lowest BCUT2D eigenvalue weighted by Crippen LogP contribution is -2.29. The van der Waals surface area contributed by atoms with Crippen LogP contribution in [0.3, 0.4) is 0 Å². The van der Waals surface area contributed by atoms with Crippen molar-refractivity contribution in [2.75, 3.05) is 11.4 Å². The fourth-order valence-electron chi connectivity index (χ4n) is 2.79. The zero-order chi connectivity index (χ0) is 16.2. The van der Waals surface area contributed by atoms with E-state index in [4.69, 9.17) is 0 Å². The molecular formula is C17H20N4OS. The number of benzene rings is 1. The molecule has 6 heteroatoms. The largest absolute Gasteiger partial charge is 0.340 e. The molecule has 0 bridgehead atoms. The fraction of sp³-hybridized carbons (Fsp3) is 0.353. The van der Waals surface area contributed by atoms with E-state index in [0.29, 0.717) is 4.96 Å². The molecule has 0 saturated carbocycles. The first-order valence-corrected chi connectivity index (χ1v) is 8.72. The van der Waals surface area contributed by atoms with Crippen LogP contribution in [0.4, 0.5) is 5.13 Å². The quantitative estimate of drug-likeness (QED) is 0.695. The van der Waals surface area contributed by atoms with Crippen LogP contribution in [-0.2, 0) is 0 Å². The summed E-state index contributed by atoms with van der Waals surface area (Å²) in [5.41, 5.74) is 1.13. The molecule has 0 amide bonds. The summed E-state index contributed by atoms with van der Waals surface area (Å²) in [5, 5.41) is 5.36. The highest BCUT2D eigenvalue weighted by Gasteiger charge is 2.22. The Bertz CT molecular complexity index is 827. The lowest BCUT2D eigenvalue weighted by atomic mass is 10.0. The first-order valence-electron chi connectivity index (χ1n) is 7.91. The Labute approximate surface area is 139 Å². The van der Waals surface area contributed by atoms with Crippen molar-refractivity contribution in [1.29, 1.82) is 0 Å². The van der Waals surface area contributed by atoms with Crippen molar-refractivity contribution in [3.63, 3.8) is 0 Å². The second-order valence-corrected chi connectivity index (χ2v) is 6.32. The maximum Gasteiger partial charge on any atom is 0.275 e. The molecule has 0 radical (unpaired) electrons. The van der Waals surface area contributed by atoms with E-state index in [1.807, 2.05) is 6.07 Å². The minimum Gasteiger partial charge on any atom is -0.340 e. The van der Waals surface area contributed by atoms with Gasteiger partial charge in [0.15, 0.2) is 0 Å². The summed E-state index contributed by atoms with van der Waals surface area (Å²) in [7, 11) is 0. The molecule has 3 aromatic rings. The van der Waals surface area contributed by atoms with Crippen LogP contribution in [0.2, 0.25) is 0 Å². The number of hydrogen-bond donors (Lipinski definition) is 0. The first-order chi connectivity index (χ1) is 11.2. The Hall–Kier alpha value is -2.21. The smallest absolute Gasteiger partial charge is 0.275 e. The van der Waals surface area contributed by atoms with Gasteiger partial charge in [0.05, 0.1) is 6.04 Å². The number of anilines is 1. The van der Waals surface area contributed by atoms with Gasteiger partial charge in [0, 0.05) is 18.8 Å². The molecule has 0 aliphatic rings. The van der Waals surface area contributed by atoms with Crippen LogP contribution >= 0.6 is 11.3 Å². The summed E-state index contributed by atoms with van der Waals surface area (Å²) in [6, 6.07) is 12.1. The molecule has 0 aliphatic carbocycles. The van der Waals surface area contributed by atoms with E-state index in [1.54, 1.807) is 0 Å². The van der Waals surface area contributed by atoms with Crippen LogP contribution < -0.4 is 10.5 Å². The summed E-state index contributed by atoms with van der Waals surface area (Å²) in [5.74, 6) is 0. The van der Waals surface area contributed by atoms with Gasteiger partial charge in [0.25, 0.3) is 5.56 Å². The Morgan fingerprint density at radius 3 is 2.65 bits per heavy atom. The van der Waals surface area contributed by atoms with Crippen LogP contribution in [0, 0.1) is 0 Å². The Balaban J connectivity index is 2.05.